The Morgan fingerprint density at radius 3 is 1.83 bits per heavy atom. The third-order valence-electron chi connectivity index (χ3n) is 4.89. The van der Waals surface area contributed by atoms with Gasteiger partial charge in [-0.3, -0.25) is 9.59 Å². The summed E-state index contributed by atoms with van der Waals surface area (Å²) in [7, 11) is -3.75. The SMILES string of the molecule is Cc1cc(C(C)(C)C)cc(C)c1C(=O)P(=O)(CC(=O)OC(C)(C)C)c1ccccc1. The third-order valence-corrected chi connectivity index (χ3v) is 7.60. The van der Waals surface area contributed by atoms with Gasteiger partial charge in [0.25, 0.3) is 0 Å². The Hall–Kier alpha value is -2.19. The summed E-state index contributed by atoms with van der Waals surface area (Å²) >= 11 is 0. The average molecular weight is 429 g/mol. The number of hydrogen-bond donors (Lipinski definition) is 0. The van der Waals surface area contributed by atoms with Gasteiger partial charge >= 0.3 is 5.97 Å². The molecule has 0 heterocycles. The summed E-state index contributed by atoms with van der Waals surface area (Å²) in [6.45, 7) is 15.3. The Labute approximate surface area is 180 Å². The van der Waals surface area contributed by atoms with Crippen LogP contribution < -0.4 is 5.30 Å². The predicted molar refractivity (Wildman–Crippen MR) is 123 cm³/mol. The van der Waals surface area contributed by atoms with Crippen LogP contribution in [-0.2, 0) is 19.5 Å². The van der Waals surface area contributed by atoms with Gasteiger partial charge in [0.05, 0.1) is 0 Å². The molecule has 2 rings (SSSR count). The van der Waals surface area contributed by atoms with Crippen LogP contribution in [0.3, 0.4) is 0 Å². The molecule has 2 aromatic carbocycles. The lowest BCUT2D eigenvalue weighted by Crippen LogP contribution is -2.29. The van der Waals surface area contributed by atoms with Crippen molar-refractivity contribution in [3.8, 4) is 0 Å². The van der Waals surface area contributed by atoms with E-state index >= 15 is 0 Å². The minimum atomic E-state index is -3.75. The molecular weight excluding hydrogens is 395 g/mol. The van der Waals surface area contributed by atoms with Gasteiger partial charge in [-0.2, -0.15) is 0 Å². The first-order chi connectivity index (χ1) is 13.6. The van der Waals surface area contributed by atoms with Crippen LogP contribution in [-0.4, -0.2) is 23.3 Å². The lowest BCUT2D eigenvalue weighted by Gasteiger charge is -2.25. The minimum absolute atomic E-state index is 0.0727. The van der Waals surface area contributed by atoms with E-state index < -0.39 is 30.4 Å². The van der Waals surface area contributed by atoms with E-state index in [1.807, 2.05) is 26.0 Å². The quantitative estimate of drug-likeness (QED) is 0.448. The van der Waals surface area contributed by atoms with Gasteiger partial charge in [-0.1, -0.05) is 63.2 Å². The first kappa shape index (κ1) is 24.1. The Balaban J connectivity index is 2.59. The molecule has 0 bridgehead atoms. The summed E-state index contributed by atoms with van der Waals surface area (Å²) in [4.78, 5) is 26.3. The molecule has 0 fully saturated rings. The van der Waals surface area contributed by atoms with Gasteiger partial charge in [-0.15, -0.1) is 0 Å². The highest BCUT2D eigenvalue weighted by molar-refractivity contribution is 7.88. The van der Waals surface area contributed by atoms with E-state index in [0.717, 1.165) is 16.7 Å². The van der Waals surface area contributed by atoms with E-state index in [1.165, 1.54) is 0 Å². The van der Waals surface area contributed by atoms with Crippen LogP contribution in [0.15, 0.2) is 42.5 Å². The van der Waals surface area contributed by atoms with Crippen molar-refractivity contribution in [2.45, 2.75) is 66.4 Å². The van der Waals surface area contributed by atoms with E-state index in [4.69, 9.17) is 4.74 Å². The van der Waals surface area contributed by atoms with Crippen molar-refractivity contribution >= 4 is 23.9 Å². The first-order valence-corrected chi connectivity index (χ1v) is 12.1. The van der Waals surface area contributed by atoms with E-state index in [1.54, 1.807) is 51.1 Å². The summed E-state index contributed by atoms with van der Waals surface area (Å²) in [5.41, 5.74) is 1.79. The summed E-state index contributed by atoms with van der Waals surface area (Å²) in [5, 5.41) is 0.375. The Kier molecular flexibility index (Phi) is 6.83. The Bertz CT molecular complexity index is 969. The molecule has 0 aromatic heterocycles. The fraction of sp³-hybridized carbons (Fsp3) is 0.440. The number of ether oxygens (including phenoxy) is 1. The molecule has 5 heteroatoms. The first-order valence-electron chi connectivity index (χ1n) is 10.2. The molecule has 0 radical (unpaired) electrons. The van der Waals surface area contributed by atoms with Crippen LogP contribution in [0.1, 0.15) is 68.6 Å². The molecule has 30 heavy (non-hydrogen) atoms. The molecule has 0 spiro atoms. The summed E-state index contributed by atoms with van der Waals surface area (Å²) < 4.78 is 19.5. The molecular formula is C25H33O4P. The maximum atomic E-state index is 14.1. The number of esters is 1. The molecule has 0 amide bonds. The highest BCUT2D eigenvalue weighted by Gasteiger charge is 2.39. The average Bonchev–Trinajstić information content (AvgIpc) is 2.59. The molecule has 4 nitrogen and oxygen atoms in total. The largest absolute Gasteiger partial charge is 0.460 e. The molecule has 0 aliphatic heterocycles. The molecule has 0 N–H and O–H groups in total. The van der Waals surface area contributed by atoms with E-state index in [0.29, 0.717) is 10.9 Å². The Morgan fingerprint density at radius 1 is 0.900 bits per heavy atom. The molecule has 1 unspecified atom stereocenters. The monoisotopic (exact) mass is 428 g/mol. The zero-order valence-corrected chi connectivity index (χ0v) is 20.2. The second-order valence-electron chi connectivity index (χ2n) is 9.86. The molecule has 1 atom stereocenters. The molecule has 162 valence electrons. The fourth-order valence-electron chi connectivity index (χ4n) is 3.42. The highest BCUT2D eigenvalue weighted by atomic mass is 31.2. The number of hydrogen-bond acceptors (Lipinski definition) is 4. The second-order valence-corrected chi connectivity index (χ2v) is 12.6. The zero-order chi connectivity index (χ0) is 22.9. The zero-order valence-electron chi connectivity index (χ0n) is 19.3. The van der Waals surface area contributed by atoms with Crippen molar-refractivity contribution < 1.29 is 18.9 Å². The van der Waals surface area contributed by atoms with Crippen LogP contribution >= 0.6 is 7.14 Å². The van der Waals surface area contributed by atoms with Crippen molar-refractivity contribution in [1.82, 2.24) is 0 Å². The van der Waals surface area contributed by atoms with Gasteiger partial charge in [-0.25, -0.2) is 0 Å². The van der Waals surface area contributed by atoms with Gasteiger partial charge in [0, 0.05) is 10.9 Å². The van der Waals surface area contributed by atoms with Crippen molar-refractivity contribution in [3.05, 3.63) is 64.7 Å². The van der Waals surface area contributed by atoms with E-state index in [-0.39, 0.29) is 5.41 Å². The normalized spacial score (nSPS) is 14.1. The van der Waals surface area contributed by atoms with E-state index in [9.17, 15) is 14.2 Å². The molecule has 0 aliphatic rings. The number of rotatable bonds is 5. The standard InChI is InChI=1S/C25H33O4P/c1-17-14-19(24(3,4)5)15-18(2)22(17)23(27)30(28,20-12-10-9-11-13-20)16-21(26)29-25(6,7)8/h9-15H,16H2,1-8H3. The smallest absolute Gasteiger partial charge is 0.314 e. The van der Waals surface area contributed by atoms with Crippen molar-refractivity contribution in [1.29, 1.82) is 0 Å². The summed E-state index contributed by atoms with van der Waals surface area (Å²) in [6, 6.07) is 12.5. The van der Waals surface area contributed by atoms with Crippen LogP contribution in [0.25, 0.3) is 0 Å². The fourth-order valence-corrected chi connectivity index (χ4v) is 5.78. The van der Waals surface area contributed by atoms with Gasteiger partial charge in [-0.05, 0) is 56.7 Å². The topological polar surface area (TPSA) is 60.4 Å². The number of aryl methyl sites for hydroxylation is 2. The number of benzene rings is 2. The number of carbonyl (C=O) groups excluding carboxylic acids is 2. The third kappa shape index (κ3) is 5.49. The maximum absolute atomic E-state index is 14.1. The highest BCUT2D eigenvalue weighted by Crippen LogP contribution is 2.49. The lowest BCUT2D eigenvalue weighted by molar-refractivity contribution is -0.151. The van der Waals surface area contributed by atoms with E-state index in [2.05, 4.69) is 20.8 Å². The summed E-state index contributed by atoms with van der Waals surface area (Å²) in [6.07, 6.45) is -0.451. The second kappa shape index (κ2) is 8.51. The van der Waals surface area contributed by atoms with Crippen LogP contribution in [0.2, 0.25) is 0 Å². The minimum Gasteiger partial charge on any atom is -0.460 e. The molecule has 0 saturated heterocycles. The molecule has 2 aromatic rings. The summed E-state index contributed by atoms with van der Waals surface area (Å²) in [5.74, 6) is -0.635. The van der Waals surface area contributed by atoms with Gasteiger partial charge in [0.1, 0.15) is 11.8 Å². The maximum Gasteiger partial charge on any atom is 0.314 e. The van der Waals surface area contributed by atoms with Gasteiger partial charge < -0.3 is 9.30 Å². The number of carbonyl (C=O) groups is 2. The van der Waals surface area contributed by atoms with Crippen molar-refractivity contribution in [3.63, 3.8) is 0 Å². The van der Waals surface area contributed by atoms with Crippen molar-refractivity contribution in [2.24, 2.45) is 0 Å². The molecule has 0 saturated carbocycles. The van der Waals surface area contributed by atoms with Crippen LogP contribution in [0, 0.1) is 13.8 Å². The van der Waals surface area contributed by atoms with Crippen LogP contribution in [0.5, 0.6) is 0 Å². The van der Waals surface area contributed by atoms with Gasteiger partial charge in [0.15, 0.2) is 7.14 Å². The van der Waals surface area contributed by atoms with Crippen LogP contribution in [0.4, 0.5) is 0 Å². The van der Waals surface area contributed by atoms with Gasteiger partial charge in [0.2, 0.25) is 5.52 Å². The molecule has 0 aliphatic carbocycles. The Morgan fingerprint density at radius 2 is 1.40 bits per heavy atom. The lowest BCUT2D eigenvalue weighted by atomic mass is 9.84. The van der Waals surface area contributed by atoms with Crippen molar-refractivity contribution in [2.75, 3.05) is 6.16 Å². The predicted octanol–water partition coefficient (Wildman–Crippen LogP) is 5.77.